The van der Waals surface area contributed by atoms with Crippen molar-refractivity contribution in [2.45, 2.75) is 56.6 Å². The number of halogens is 3. The van der Waals surface area contributed by atoms with E-state index in [-0.39, 0.29) is 10.9 Å². The maximum Gasteiger partial charge on any atom is 0.573 e. The third-order valence-electron chi connectivity index (χ3n) is 6.04. The molecule has 5 N–H and O–H groups in total. The Labute approximate surface area is 227 Å². The Kier molecular flexibility index (Phi) is 8.43. The van der Waals surface area contributed by atoms with Crippen LogP contribution >= 0.6 is 0 Å². The lowest BCUT2D eigenvalue weighted by molar-refractivity contribution is -0.275. The van der Waals surface area contributed by atoms with Gasteiger partial charge in [-0.1, -0.05) is 17.3 Å². The molecule has 6 atom stereocenters. The highest BCUT2D eigenvalue weighted by atomic mass is 19.4. The van der Waals surface area contributed by atoms with Crippen LogP contribution < -0.4 is 20.3 Å². The molecule has 0 spiro atoms. The van der Waals surface area contributed by atoms with Gasteiger partial charge in [0, 0.05) is 11.6 Å². The van der Waals surface area contributed by atoms with Gasteiger partial charge in [0.25, 0.3) is 5.56 Å². The van der Waals surface area contributed by atoms with Crippen LogP contribution in [0.2, 0.25) is 0 Å². The normalized spacial score (nSPS) is 23.5. The molecular formula is C24H23F3N4O10. The molecule has 14 nitrogen and oxygen atoms in total. The highest BCUT2D eigenvalue weighted by molar-refractivity contribution is 5.78. The lowest BCUT2D eigenvalue weighted by Gasteiger charge is -2.38. The molecule has 0 saturated carbocycles. The quantitative estimate of drug-likeness (QED) is 0.234. The van der Waals surface area contributed by atoms with Gasteiger partial charge in [-0.05, 0) is 31.2 Å². The Bertz CT molecular complexity index is 1500. The number of hydrogen-bond donors (Lipinski definition) is 5. The van der Waals surface area contributed by atoms with E-state index in [0.717, 1.165) is 22.9 Å². The molecule has 0 aliphatic carbocycles. The smallest absolute Gasteiger partial charge is 0.479 e. The first-order valence-corrected chi connectivity index (χ1v) is 11.9. The van der Waals surface area contributed by atoms with Crippen LogP contribution in [0.3, 0.4) is 0 Å². The van der Waals surface area contributed by atoms with Crippen LogP contribution in [0, 0.1) is 0 Å². The molecule has 4 rings (SSSR count). The van der Waals surface area contributed by atoms with Crippen LogP contribution in [0.4, 0.5) is 13.2 Å². The van der Waals surface area contributed by atoms with Crippen molar-refractivity contribution >= 4 is 22.8 Å². The number of carboxylic acids is 1. The minimum absolute atomic E-state index is 0.00750. The molecule has 3 aromatic rings. The number of ether oxygens (including phenoxy) is 3. The van der Waals surface area contributed by atoms with Gasteiger partial charge in [0.1, 0.15) is 41.9 Å². The van der Waals surface area contributed by atoms with Gasteiger partial charge in [-0.15, -0.1) is 18.3 Å². The van der Waals surface area contributed by atoms with Crippen LogP contribution in [0.25, 0.3) is 10.9 Å². The van der Waals surface area contributed by atoms with E-state index < -0.39 is 78.6 Å². The van der Waals surface area contributed by atoms with E-state index in [4.69, 9.17) is 9.47 Å². The summed E-state index contributed by atoms with van der Waals surface area (Å²) in [5, 5.41) is 49.8. The van der Waals surface area contributed by atoms with E-state index >= 15 is 0 Å². The molecule has 0 bridgehead atoms. The number of rotatable bonds is 8. The second-order valence-corrected chi connectivity index (χ2v) is 8.96. The van der Waals surface area contributed by atoms with E-state index in [0.29, 0.717) is 5.52 Å². The Balaban J connectivity index is 1.58. The summed E-state index contributed by atoms with van der Waals surface area (Å²) < 4.78 is 53.7. The number of benzene rings is 2. The predicted octanol–water partition coefficient (Wildman–Crippen LogP) is -0.162. The van der Waals surface area contributed by atoms with Crippen molar-refractivity contribution in [2.75, 3.05) is 0 Å². The standard InChI is InChI=1S/C24H23F3N4O10/c1-10(28-16(32)9-31-21(36)13-4-2-3-5-14(13)29-30-31)12-7-6-11(41-24(25,26)27)8-15(12)39-23-19(35)17(33)18(34)20(40-23)22(37)38/h2-8,10,17-20,23,33-35H,9H2,1H3,(H,28,32)(H,37,38)/t10-,17-,18-,19+,20-,23-/m0/s1. The summed E-state index contributed by atoms with van der Waals surface area (Å²) in [5.41, 5.74) is -0.262. The van der Waals surface area contributed by atoms with Crippen molar-refractivity contribution in [3.8, 4) is 11.5 Å². The first-order chi connectivity index (χ1) is 19.2. The first-order valence-electron chi connectivity index (χ1n) is 11.9. The topological polar surface area (TPSA) is 203 Å². The zero-order valence-electron chi connectivity index (χ0n) is 20.9. The van der Waals surface area contributed by atoms with E-state index in [2.05, 4.69) is 20.4 Å². The number of fused-ring (bicyclic) bond motifs is 1. The third kappa shape index (κ3) is 6.71. The summed E-state index contributed by atoms with van der Waals surface area (Å²) >= 11 is 0. The first kappa shape index (κ1) is 29.7. The lowest BCUT2D eigenvalue weighted by Crippen LogP contribution is -2.61. The maximum atomic E-state index is 12.8. The van der Waals surface area contributed by atoms with Crippen molar-refractivity contribution in [3.63, 3.8) is 0 Å². The molecule has 1 saturated heterocycles. The molecule has 2 heterocycles. The summed E-state index contributed by atoms with van der Waals surface area (Å²) in [4.78, 5) is 36.8. The maximum absolute atomic E-state index is 12.8. The molecule has 41 heavy (non-hydrogen) atoms. The number of nitrogens with zero attached hydrogens (tertiary/aromatic N) is 3. The molecule has 1 amide bonds. The largest absolute Gasteiger partial charge is 0.573 e. The summed E-state index contributed by atoms with van der Waals surface area (Å²) in [6.07, 6.45) is -15.2. The number of alkyl halides is 3. The minimum Gasteiger partial charge on any atom is -0.479 e. The molecule has 0 radical (unpaired) electrons. The number of nitrogens with one attached hydrogen (secondary N) is 1. The molecule has 0 unspecified atom stereocenters. The second-order valence-electron chi connectivity index (χ2n) is 8.96. The fourth-order valence-corrected chi connectivity index (χ4v) is 4.07. The summed E-state index contributed by atoms with van der Waals surface area (Å²) in [6.45, 7) is 0.845. The van der Waals surface area contributed by atoms with Crippen molar-refractivity contribution in [2.24, 2.45) is 0 Å². The van der Waals surface area contributed by atoms with Gasteiger partial charge in [-0.2, -0.15) is 0 Å². The lowest BCUT2D eigenvalue weighted by atomic mass is 9.99. The van der Waals surface area contributed by atoms with E-state index in [1.165, 1.54) is 13.0 Å². The van der Waals surface area contributed by atoms with Crippen molar-refractivity contribution < 1.29 is 57.4 Å². The number of carboxylic acid groups (broad SMARTS) is 1. The molecular weight excluding hydrogens is 561 g/mol. The highest BCUT2D eigenvalue weighted by Gasteiger charge is 2.48. The molecule has 220 valence electrons. The van der Waals surface area contributed by atoms with E-state index in [1.54, 1.807) is 18.2 Å². The second kappa shape index (κ2) is 11.7. The molecule has 1 aromatic heterocycles. The fraction of sp³-hybridized carbons (Fsp3) is 0.375. The van der Waals surface area contributed by atoms with Crippen molar-refractivity contribution in [3.05, 3.63) is 58.4 Å². The Hall–Kier alpha value is -4.32. The van der Waals surface area contributed by atoms with Gasteiger partial charge < -0.3 is 40.0 Å². The van der Waals surface area contributed by atoms with Gasteiger partial charge in [-0.3, -0.25) is 9.59 Å². The minimum atomic E-state index is -5.09. The van der Waals surface area contributed by atoms with Crippen LogP contribution in [0.1, 0.15) is 18.5 Å². The molecule has 1 fully saturated rings. The average molecular weight is 584 g/mol. The molecule has 1 aliphatic heterocycles. The molecule has 17 heteroatoms. The third-order valence-corrected chi connectivity index (χ3v) is 6.04. The number of aliphatic hydroxyl groups excluding tert-OH is 3. The summed E-state index contributed by atoms with van der Waals surface area (Å²) in [5.74, 6) is -3.68. The summed E-state index contributed by atoms with van der Waals surface area (Å²) in [6, 6.07) is 8.06. The molecule has 2 aromatic carbocycles. The zero-order chi connectivity index (χ0) is 30.1. The zero-order valence-corrected chi connectivity index (χ0v) is 20.9. The predicted molar refractivity (Wildman–Crippen MR) is 128 cm³/mol. The Morgan fingerprint density at radius 1 is 1.12 bits per heavy atom. The Morgan fingerprint density at radius 2 is 1.83 bits per heavy atom. The van der Waals surface area contributed by atoms with Gasteiger partial charge in [0.2, 0.25) is 12.2 Å². The monoisotopic (exact) mass is 584 g/mol. The number of aliphatic carboxylic acids is 1. The van der Waals surface area contributed by atoms with Crippen molar-refractivity contribution in [1.82, 2.24) is 20.3 Å². The van der Waals surface area contributed by atoms with E-state index in [1.807, 2.05) is 0 Å². The van der Waals surface area contributed by atoms with Crippen molar-refractivity contribution in [1.29, 1.82) is 0 Å². The van der Waals surface area contributed by atoms with Gasteiger partial charge in [0.15, 0.2) is 6.10 Å². The van der Waals surface area contributed by atoms with Crippen LogP contribution in [0.15, 0.2) is 47.3 Å². The number of aromatic nitrogens is 3. The van der Waals surface area contributed by atoms with Crippen LogP contribution in [-0.4, -0.2) is 84.4 Å². The SMILES string of the molecule is C[C@H](NC(=O)Cn1nnc2ccccc2c1=O)c1ccc(OC(F)(F)F)cc1O[C@H]1O[C@H](C(=O)O)[C@@H](O)[C@H](O)[C@H]1O. The van der Waals surface area contributed by atoms with Crippen LogP contribution in [0.5, 0.6) is 11.5 Å². The number of hydrogen-bond acceptors (Lipinski definition) is 11. The average Bonchev–Trinajstić information content (AvgIpc) is 2.89. The van der Waals surface area contributed by atoms with Gasteiger partial charge >= 0.3 is 12.3 Å². The van der Waals surface area contributed by atoms with E-state index in [9.17, 15) is 48.0 Å². The van der Waals surface area contributed by atoms with Gasteiger partial charge in [0.05, 0.1) is 11.4 Å². The molecule has 1 aliphatic rings. The number of aliphatic hydroxyl groups is 3. The Morgan fingerprint density at radius 3 is 2.51 bits per heavy atom. The van der Waals surface area contributed by atoms with Crippen LogP contribution in [-0.2, 0) is 20.9 Å². The van der Waals surface area contributed by atoms with Gasteiger partial charge in [-0.25, -0.2) is 9.48 Å². The fourth-order valence-electron chi connectivity index (χ4n) is 4.07. The highest BCUT2D eigenvalue weighted by Crippen LogP contribution is 2.35. The number of carbonyl (C=O) groups excluding carboxylic acids is 1. The number of amides is 1. The summed E-state index contributed by atoms with van der Waals surface area (Å²) in [7, 11) is 0. The number of carbonyl (C=O) groups is 2.